The molecular weight excluding hydrogens is 635 g/mol. The number of allylic oxidation sites excluding steroid dienone is 2. The average Bonchev–Trinajstić information content (AvgIpc) is 3.49. The molecule has 0 heterocycles. The molecule has 4 aliphatic rings. The van der Waals surface area contributed by atoms with Gasteiger partial charge >= 0.3 is 0 Å². The topological polar surface area (TPSA) is 46.2 Å². The van der Waals surface area contributed by atoms with E-state index < -0.39 is 0 Å². The number of unbranched alkanes of at least 4 members (excludes halogenated alkanes) is 14. The number of carbonyl (C=O) groups excluding carboxylic acids is 2. The van der Waals surface area contributed by atoms with Crippen molar-refractivity contribution in [2.24, 2.45) is 46.3 Å². The van der Waals surface area contributed by atoms with E-state index in [1.807, 2.05) is 0 Å². The summed E-state index contributed by atoms with van der Waals surface area (Å²) < 4.78 is 0. The zero-order chi connectivity index (χ0) is 37.8. The first kappa shape index (κ1) is 45.3. The van der Waals surface area contributed by atoms with Crippen LogP contribution in [0.3, 0.4) is 0 Å². The zero-order valence-corrected chi connectivity index (χ0v) is 36.0. The first-order chi connectivity index (χ1) is 25.1. The molecule has 0 saturated heterocycles. The number of ketones is 1. The summed E-state index contributed by atoms with van der Waals surface area (Å²) in [6.45, 7) is 16.3. The van der Waals surface area contributed by atoms with Crippen LogP contribution < -0.4 is 5.32 Å². The Balaban J connectivity index is 0.00000128. The number of carbonyl (C=O) groups is 2. The van der Waals surface area contributed by atoms with Crippen LogP contribution in [0.1, 0.15) is 236 Å². The molecule has 0 bridgehead atoms. The summed E-state index contributed by atoms with van der Waals surface area (Å²) in [5, 5.41) is 3.50. The lowest BCUT2D eigenvalue weighted by Crippen LogP contribution is -2.55. The predicted molar refractivity (Wildman–Crippen MR) is 228 cm³/mol. The lowest BCUT2D eigenvalue weighted by molar-refractivity contribution is -0.128. The van der Waals surface area contributed by atoms with E-state index in [9.17, 15) is 9.59 Å². The fourth-order valence-corrected chi connectivity index (χ4v) is 12.2. The average molecular weight is 726 g/mol. The van der Waals surface area contributed by atoms with E-state index in [0.29, 0.717) is 40.9 Å². The SMILES string of the molecule is CCCCCC.CCCCCCCC/C=C\CCCCCCCC(=O)N[C@H]1CCC2(C)C(CCC3C2CCC2(C)C3CCC2[C@@H](C)CCC(C)=O)C1.[HH]. The van der Waals surface area contributed by atoms with Gasteiger partial charge in [0.15, 0.2) is 0 Å². The Hall–Kier alpha value is -1.12. The lowest BCUT2D eigenvalue weighted by atomic mass is 9.44. The van der Waals surface area contributed by atoms with Gasteiger partial charge in [0.25, 0.3) is 0 Å². The smallest absolute Gasteiger partial charge is 0.220 e. The molecule has 1 amide bonds. The molecule has 0 aromatic rings. The zero-order valence-electron chi connectivity index (χ0n) is 36.0. The Labute approximate surface area is 326 Å². The Morgan fingerprint density at radius 1 is 0.673 bits per heavy atom. The van der Waals surface area contributed by atoms with Crippen LogP contribution in [0.2, 0.25) is 0 Å². The molecule has 304 valence electrons. The molecule has 0 aliphatic heterocycles. The van der Waals surface area contributed by atoms with Gasteiger partial charge in [-0.05, 0) is 150 Å². The molecule has 7 unspecified atom stereocenters. The van der Waals surface area contributed by atoms with Gasteiger partial charge in [0.2, 0.25) is 5.91 Å². The third-order valence-electron chi connectivity index (χ3n) is 15.4. The highest BCUT2D eigenvalue weighted by Crippen LogP contribution is 2.68. The van der Waals surface area contributed by atoms with Gasteiger partial charge in [0.05, 0.1) is 0 Å². The van der Waals surface area contributed by atoms with Gasteiger partial charge in [-0.25, -0.2) is 0 Å². The molecule has 0 radical (unpaired) electrons. The number of fused-ring (bicyclic) bond motifs is 5. The molecule has 1 N–H and O–H groups in total. The predicted octanol–water partition coefficient (Wildman–Crippen LogP) is 15.0. The van der Waals surface area contributed by atoms with Crippen LogP contribution >= 0.6 is 0 Å². The molecule has 3 nitrogen and oxygen atoms in total. The van der Waals surface area contributed by atoms with Crippen molar-refractivity contribution >= 4 is 11.7 Å². The first-order valence-electron chi connectivity index (χ1n) is 23.5. The van der Waals surface area contributed by atoms with Crippen LogP contribution in [0.15, 0.2) is 12.2 Å². The number of amides is 1. The summed E-state index contributed by atoms with van der Waals surface area (Å²) in [5.41, 5.74) is 0.947. The van der Waals surface area contributed by atoms with E-state index in [2.05, 4.69) is 59.0 Å². The fourth-order valence-electron chi connectivity index (χ4n) is 12.2. The molecule has 4 rings (SSSR count). The highest BCUT2D eigenvalue weighted by atomic mass is 16.1. The highest BCUT2D eigenvalue weighted by Gasteiger charge is 2.60. The molecule has 4 fully saturated rings. The Morgan fingerprint density at radius 2 is 1.23 bits per heavy atom. The van der Waals surface area contributed by atoms with Gasteiger partial charge in [-0.3, -0.25) is 4.79 Å². The minimum Gasteiger partial charge on any atom is -0.353 e. The lowest BCUT2D eigenvalue weighted by Gasteiger charge is -2.61. The van der Waals surface area contributed by atoms with E-state index in [-0.39, 0.29) is 1.43 Å². The number of nitrogens with one attached hydrogen (secondary N) is 1. The molecule has 0 aromatic carbocycles. The monoisotopic (exact) mass is 726 g/mol. The van der Waals surface area contributed by atoms with Crippen LogP contribution in [0.25, 0.3) is 0 Å². The minimum atomic E-state index is 0. The molecular formula is C49H91NO2. The van der Waals surface area contributed by atoms with E-state index in [4.69, 9.17) is 0 Å². The summed E-state index contributed by atoms with van der Waals surface area (Å²) >= 11 is 0. The minimum absolute atomic E-state index is 0. The van der Waals surface area contributed by atoms with E-state index in [0.717, 1.165) is 48.9 Å². The molecule has 3 heteroatoms. The van der Waals surface area contributed by atoms with Crippen molar-refractivity contribution in [2.45, 2.75) is 241 Å². The number of Topliss-reactive ketones (excluding diaryl/α,β-unsaturated/α-hetero) is 1. The van der Waals surface area contributed by atoms with Crippen LogP contribution in [-0.4, -0.2) is 17.7 Å². The summed E-state index contributed by atoms with van der Waals surface area (Å²) in [4.78, 5) is 24.6. The second-order valence-electron chi connectivity index (χ2n) is 19.2. The summed E-state index contributed by atoms with van der Waals surface area (Å²) in [6.07, 6.45) is 41.9. The third-order valence-corrected chi connectivity index (χ3v) is 15.4. The van der Waals surface area contributed by atoms with Gasteiger partial charge in [-0.2, -0.15) is 0 Å². The second kappa shape index (κ2) is 24.4. The van der Waals surface area contributed by atoms with Crippen LogP contribution in [0.5, 0.6) is 0 Å². The summed E-state index contributed by atoms with van der Waals surface area (Å²) in [7, 11) is 0. The van der Waals surface area contributed by atoms with Crippen molar-refractivity contribution < 1.29 is 11.0 Å². The van der Waals surface area contributed by atoms with Gasteiger partial charge in [-0.1, -0.05) is 131 Å². The summed E-state index contributed by atoms with van der Waals surface area (Å²) in [5.74, 6) is 5.59. The first-order valence-corrected chi connectivity index (χ1v) is 23.5. The quantitative estimate of drug-likeness (QED) is 0.0842. The summed E-state index contributed by atoms with van der Waals surface area (Å²) in [6, 6.07) is 0.400. The molecule has 0 spiro atoms. The van der Waals surface area contributed by atoms with E-state index in [1.165, 1.54) is 161 Å². The highest BCUT2D eigenvalue weighted by molar-refractivity contribution is 5.76. The number of rotatable bonds is 23. The standard InChI is InChI=1S/C43H75NO2.C6H14.H2/c1-6-7-8-9-10-11-12-13-14-15-16-17-18-19-20-21-41(46)44-36-28-30-42(4)35(32-36)24-25-37-39-27-26-38(33(2)22-23-34(3)45)43(39,5)31-29-40(37)42;1-3-5-6-4-2;/h13-14,33,35-40H,6-12,15-32H2,1-5H3,(H,44,46);3-6H2,1-2H3;1H/b14-13-;;/t33-,35?,36-,37?,38?,39?,40?,42?,43?;;/m0../s1. The van der Waals surface area contributed by atoms with Crippen molar-refractivity contribution in [3.05, 3.63) is 12.2 Å². The fraction of sp³-hybridized carbons (Fsp3) is 0.918. The maximum absolute atomic E-state index is 12.9. The molecule has 4 saturated carbocycles. The van der Waals surface area contributed by atoms with Crippen LogP contribution in [0, 0.1) is 46.3 Å². The van der Waals surface area contributed by atoms with Gasteiger partial charge in [-0.15, -0.1) is 0 Å². The van der Waals surface area contributed by atoms with Gasteiger partial charge in [0, 0.05) is 20.3 Å². The van der Waals surface area contributed by atoms with Gasteiger partial charge in [0.1, 0.15) is 5.78 Å². The van der Waals surface area contributed by atoms with Crippen molar-refractivity contribution in [3.8, 4) is 0 Å². The molecule has 0 aromatic heterocycles. The van der Waals surface area contributed by atoms with Crippen LogP contribution in [0.4, 0.5) is 0 Å². The van der Waals surface area contributed by atoms with Crippen molar-refractivity contribution in [3.63, 3.8) is 0 Å². The van der Waals surface area contributed by atoms with Gasteiger partial charge < -0.3 is 10.1 Å². The second-order valence-corrected chi connectivity index (χ2v) is 19.2. The third kappa shape index (κ3) is 13.9. The van der Waals surface area contributed by atoms with Crippen molar-refractivity contribution in [1.82, 2.24) is 5.32 Å². The maximum atomic E-state index is 12.9. The molecule has 9 atom stereocenters. The maximum Gasteiger partial charge on any atom is 0.220 e. The van der Waals surface area contributed by atoms with E-state index >= 15 is 0 Å². The Morgan fingerprint density at radius 3 is 1.87 bits per heavy atom. The number of hydrogen-bond donors (Lipinski definition) is 1. The molecule has 52 heavy (non-hydrogen) atoms. The van der Waals surface area contributed by atoms with Crippen molar-refractivity contribution in [2.75, 3.05) is 0 Å². The Kier molecular flexibility index (Phi) is 21.2. The van der Waals surface area contributed by atoms with E-state index in [1.54, 1.807) is 6.92 Å². The van der Waals surface area contributed by atoms with Crippen LogP contribution in [-0.2, 0) is 9.59 Å². The van der Waals surface area contributed by atoms with Crippen molar-refractivity contribution in [1.29, 1.82) is 0 Å². The largest absolute Gasteiger partial charge is 0.353 e. The normalized spacial score (nSPS) is 31.6. The number of hydrogen-bond acceptors (Lipinski definition) is 2. The Bertz CT molecular complexity index is 1020. The molecule has 4 aliphatic carbocycles.